The van der Waals surface area contributed by atoms with Crippen molar-refractivity contribution in [3.8, 4) is 22.8 Å². The second-order valence-electron chi connectivity index (χ2n) is 9.84. The molecular formula is C34H27MnN4O10S2+. The van der Waals surface area contributed by atoms with Gasteiger partial charge in [0.05, 0.1) is 32.6 Å². The van der Waals surface area contributed by atoms with E-state index < -0.39 is 41.6 Å². The van der Waals surface area contributed by atoms with Gasteiger partial charge in [0, 0.05) is 47.0 Å². The normalized spacial score (nSPS) is 11.3. The Kier molecular flexibility index (Phi) is 14.8. The minimum Gasteiger partial charge on any atom is -0.744 e. The summed E-state index contributed by atoms with van der Waals surface area (Å²) < 4.78 is 66.3. The summed E-state index contributed by atoms with van der Waals surface area (Å²) in [4.78, 5) is 40.3. The number of hydrogen-bond donors (Lipinski definition) is 0. The zero-order valence-electron chi connectivity index (χ0n) is 26.0. The molecule has 0 bridgehead atoms. The zero-order valence-corrected chi connectivity index (χ0v) is 28.8. The van der Waals surface area contributed by atoms with E-state index in [-0.39, 0.29) is 50.3 Å². The van der Waals surface area contributed by atoms with E-state index in [0.717, 1.165) is 59.2 Å². The van der Waals surface area contributed by atoms with E-state index in [2.05, 4.69) is 19.9 Å². The molecule has 0 atom stereocenters. The molecule has 0 saturated carbocycles. The molecule has 0 amide bonds. The third-order valence-corrected chi connectivity index (χ3v) is 8.38. The molecule has 1 aliphatic carbocycles. The van der Waals surface area contributed by atoms with Crippen molar-refractivity contribution in [3.63, 3.8) is 0 Å². The molecule has 6 aromatic rings. The van der Waals surface area contributed by atoms with E-state index in [1.54, 1.807) is 24.8 Å². The van der Waals surface area contributed by atoms with Gasteiger partial charge in [-0.3, -0.25) is 29.5 Å². The molecule has 14 nitrogen and oxygen atoms in total. The average molecular weight is 771 g/mol. The average Bonchev–Trinajstić information content (AvgIpc) is 3.11. The van der Waals surface area contributed by atoms with Gasteiger partial charge in [-0.15, -0.1) is 0 Å². The van der Waals surface area contributed by atoms with Crippen LogP contribution in [0.4, 0.5) is 0 Å². The second kappa shape index (κ2) is 18.0. The van der Waals surface area contributed by atoms with Crippen LogP contribution in [-0.4, -0.2) is 62.9 Å². The van der Waals surface area contributed by atoms with Crippen molar-refractivity contribution in [2.24, 2.45) is 0 Å². The molecule has 261 valence electrons. The van der Waals surface area contributed by atoms with Crippen LogP contribution < -0.4 is 0 Å². The maximum absolute atomic E-state index is 12.4. The van der Waals surface area contributed by atoms with Crippen molar-refractivity contribution in [2.75, 3.05) is 0 Å². The number of fused-ring (bicyclic) bond motifs is 2. The zero-order chi connectivity index (χ0) is 34.3. The van der Waals surface area contributed by atoms with Crippen LogP contribution in [0.25, 0.3) is 22.8 Å². The number of rotatable bonds is 4. The fourth-order valence-electron chi connectivity index (χ4n) is 4.48. The van der Waals surface area contributed by atoms with Crippen molar-refractivity contribution < 1.29 is 63.6 Å². The number of benzene rings is 2. The summed E-state index contributed by atoms with van der Waals surface area (Å²) in [5.41, 5.74) is 2.75. The Morgan fingerprint density at radius 1 is 0.431 bits per heavy atom. The fourth-order valence-corrected chi connectivity index (χ4v) is 5.47. The van der Waals surface area contributed by atoms with E-state index >= 15 is 0 Å². The van der Waals surface area contributed by atoms with Crippen LogP contribution in [-0.2, 0) is 42.8 Å². The minimum absolute atomic E-state index is 0. The molecule has 4 aromatic heterocycles. The van der Waals surface area contributed by atoms with E-state index in [0.29, 0.717) is 0 Å². The van der Waals surface area contributed by atoms with Gasteiger partial charge in [-0.1, -0.05) is 24.3 Å². The summed E-state index contributed by atoms with van der Waals surface area (Å²) >= 11 is 0. The predicted octanol–water partition coefficient (Wildman–Crippen LogP) is 2.81. The Balaban J connectivity index is 0.000000282. The Morgan fingerprint density at radius 3 is 0.922 bits per heavy atom. The SMILES string of the molecule is O.O=C1c2ccc(S(=O)(=O)[O-])cc2C(=O)c2ccc(S(=O)(=O)[O-])cc21.[Mn+2].[OH3+].c1ccc(-c2ccccn2)nc1.c1ccc(-c2ccccn2)nc1. The Morgan fingerprint density at radius 2 is 0.706 bits per heavy atom. The van der Waals surface area contributed by atoms with Crippen LogP contribution in [0.3, 0.4) is 0 Å². The van der Waals surface area contributed by atoms with Crippen LogP contribution in [0.5, 0.6) is 0 Å². The molecule has 0 fully saturated rings. The number of ketones is 2. The minimum atomic E-state index is -4.81. The Bertz CT molecular complexity index is 2080. The molecule has 51 heavy (non-hydrogen) atoms. The first-order valence-corrected chi connectivity index (χ1v) is 16.7. The van der Waals surface area contributed by atoms with Gasteiger partial charge in [-0.25, -0.2) is 16.8 Å². The summed E-state index contributed by atoms with van der Waals surface area (Å²) in [6, 6.07) is 28.6. The summed E-state index contributed by atoms with van der Waals surface area (Å²) in [7, 11) is -9.63. The van der Waals surface area contributed by atoms with Crippen LogP contribution in [0.2, 0.25) is 0 Å². The number of nitrogens with zero attached hydrogens (tertiary/aromatic N) is 4. The first-order valence-electron chi connectivity index (χ1n) is 13.9. The smallest absolute Gasteiger partial charge is 0.744 e. The van der Waals surface area contributed by atoms with E-state index in [4.69, 9.17) is 0 Å². The largest absolute Gasteiger partial charge is 2.00 e. The van der Waals surface area contributed by atoms with Crippen molar-refractivity contribution in [2.45, 2.75) is 9.79 Å². The molecule has 0 saturated heterocycles. The van der Waals surface area contributed by atoms with Crippen LogP contribution in [0, 0.1) is 0 Å². The fraction of sp³-hybridized carbons (Fsp3) is 0. The van der Waals surface area contributed by atoms with Crippen LogP contribution in [0.15, 0.2) is 144 Å². The molecule has 7 rings (SSSR count). The molecule has 2 aromatic carbocycles. The first kappa shape index (κ1) is 41.8. The maximum atomic E-state index is 12.4. The number of aromatic nitrogens is 4. The van der Waals surface area contributed by atoms with Crippen molar-refractivity contribution in [1.29, 1.82) is 0 Å². The maximum Gasteiger partial charge on any atom is 2.00 e. The summed E-state index contributed by atoms with van der Waals surface area (Å²) in [6.07, 6.45) is 7.07. The number of hydrogen-bond acceptors (Lipinski definition) is 12. The number of carbonyl (C=O) groups is 2. The molecule has 0 aliphatic heterocycles. The number of carbonyl (C=O) groups excluding carboxylic acids is 2. The molecule has 5 N–H and O–H groups in total. The molecule has 4 heterocycles. The Labute approximate surface area is 302 Å². The van der Waals surface area contributed by atoms with E-state index in [9.17, 15) is 35.5 Å². The first-order chi connectivity index (χ1) is 22.9. The van der Waals surface area contributed by atoms with Gasteiger partial charge in [0.25, 0.3) is 0 Å². The summed E-state index contributed by atoms with van der Waals surface area (Å²) in [5, 5.41) is 0. The van der Waals surface area contributed by atoms with Gasteiger partial charge < -0.3 is 20.1 Å². The van der Waals surface area contributed by atoms with E-state index in [1.165, 1.54) is 0 Å². The van der Waals surface area contributed by atoms with Gasteiger partial charge in [0.2, 0.25) is 0 Å². The topological polar surface area (TPSA) is 265 Å². The summed E-state index contributed by atoms with van der Waals surface area (Å²) in [5.74, 6) is -1.50. The van der Waals surface area contributed by atoms with Gasteiger partial charge in [-0.05, 0) is 84.9 Å². The molecule has 0 unspecified atom stereocenters. The second-order valence-corrected chi connectivity index (χ2v) is 12.6. The third kappa shape index (κ3) is 10.3. The molecular weight excluding hydrogens is 743 g/mol. The van der Waals surface area contributed by atoms with Crippen LogP contribution in [0.1, 0.15) is 31.8 Å². The monoisotopic (exact) mass is 770 g/mol. The number of pyridine rings is 4. The van der Waals surface area contributed by atoms with E-state index in [1.807, 2.05) is 72.8 Å². The van der Waals surface area contributed by atoms with Gasteiger partial charge in [0.15, 0.2) is 11.6 Å². The van der Waals surface area contributed by atoms with Gasteiger partial charge in [0.1, 0.15) is 20.2 Å². The third-order valence-electron chi connectivity index (χ3n) is 6.72. The predicted molar refractivity (Wildman–Crippen MR) is 179 cm³/mol. The standard InChI is InChI=1S/C14H8O8S2.2C10H8N2.Mn.2H2O/c15-13-9-3-1-7(23(17,18)19)5-11(9)14(16)10-4-2-8(6-12(10)13)24(20,21)22;2*1-3-7-11-9(5-1)10-6-2-4-8-12-10;;;/h1-6H,(H,17,18,19)(H,20,21,22);2*1-8H;;2*1H2/q;;;+2;;/p-1. The quantitative estimate of drug-likeness (QED) is 0.142. The Hall–Kier alpha value is -5.36. The van der Waals surface area contributed by atoms with Crippen molar-refractivity contribution >= 4 is 31.8 Å². The van der Waals surface area contributed by atoms with Crippen LogP contribution >= 0.6 is 0 Å². The van der Waals surface area contributed by atoms with Gasteiger partial charge >= 0.3 is 17.1 Å². The molecule has 0 spiro atoms. The molecule has 17 heteroatoms. The van der Waals surface area contributed by atoms with Gasteiger partial charge in [-0.2, -0.15) is 0 Å². The van der Waals surface area contributed by atoms with Crippen molar-refractivity contribution in [3.05, 3.63) is 156 Å². The molecule has 1 radical (unpaired) electrons. The van der Waals surface area contributed by atoms with Crippen molar-refractivity contribution in [1.82, 2.24) is 19.9 Å². The summed E-state index contributed by atoms with van der Waals surface area (Å²) in [6.45, 7) is 0. The molecule has 1 aliphatic rings.